The summed E-state index contributed by atoms with van der Waals surface area (Å²) >= 11 is 2.61. The second-order valence-electron chi connectivity index (χ2n) is 4.42. The SMILES string of the molecule is [2H]CCCCCCC(=O)[C@H](O)[C@@H](O)[C@H](O)[C@H](O)C(O)Br. The van der Waals surface area contributed by atoms with E-state index in [2.05, 4.69) is 15.9 Å². The van der Waals surface area contributed by atoms with E-state index in [-0.39, 0.29) is 6.42 Å². The molecule has 7 heteroatoms. The molecule has 6 nitrogen and oxygen atoms in total. The molecule has 0 rings (SSSR count). The van der Waals surface area contributed by atoms with Crippen LogP contribution < -0.4 is 0 Å². The Morgan fingerprint density at radius 1 is 1.05 bits per heavy atom. The molecule has 1 unspecified atom stereocenters. The Labute approximate surface area is 122 Å². The number of Topliss-reactive ketones (excluding diaryl/α,β-unsaturated/α-hetero) is 1. The zero-order chi connectivity index (χ0) is 15.7. The molecule has 0 heterocycles. The summed E-state index contributed by atoms with van der Waals surface area (Å²) in [5, 5.41) is 45.5. The molecule has 5 N–H and O–H groups in total. The summed E-state index contributed by atoms with van der Waals surface area (Å²) in [5.41, 5.74) is 0. The molecule has 5 atom stereocenters. The van der Waals surface area contributed by atoms with Crippen molar-refractivity contribution in [1.82, 2.24) is 0 Å². The molecule has 0 aliphatic rings. The van der Waals surface area contributed by atoms with Crippen LogP contribution in [0.15, 0.2) is 0 Å². The molecule has 0 bridgehead atoms. The fraction of sp³-hybridized carbons (Fsp3) is 0.917. The van der Waals surface area contributed by atoms with Crippen LogP contribution in [0.1, 0.15) is 40.4 Å². The number of aliphatic hydroxyl groups is 5. The van der Waals surface area contributed by atoms with Gasteiger partial charge in [-0.2, -0.15) is 0 Å². The molecule has 0 aromatic rings. The van der Waals surface area contributed by atoms with Crippen LogP contribution in [0.4, 0.5) is 0 Å². The van der Waals surface area contributed by atoms with E-state index < -0.39 is 35.2 Å². The van der Waals surface area contributed by atoms with Gasteiger partial charge in [-0.15, -0.1) is 0 Å². The highest BCUT2D eigenvalue weighted by Crippen LogP contribution is 2.14. The Morgan fingerprint density at radius 3 is 2.21 bits per heavy atom. The van der Waals surface area contributed by atoms with E-state index in [1.54, 1.807) is 0 Å². The van der Waals surface area contributed by atoms with E-state index in [0.29, 0.717) is 13.3 Å². The molecule has 0 saturated carbocycles. The minimum Gasteiger partial charge on any atom is -0.387 e. The van der Waals surface area contributed by atoms with Crippen molar-refractivity contribution in [1.29, 1.82) is 0 Å². The summed E-state index contributed by atoms with van der Waals surface area (Å²) in [4.78, 5) is 11.6. The number of carbonyl (C=O) groups excluding carboxylic acids is 1. The molecular formula is C12H23BrO6. The summed E-state index contributed by atoms with van der Waals surface area (Å²) in [6.07, 6.45) is -4.31. The Bertz CT molecular complexity index is 279. The van der Waals surface area contributed by atoms with E-state index in [0.717, 1.165) is 19.3 Å². The highest BCUT2D eigenvalue weighted by molar-refractivity contribution is 9.09. The van der Waals surface area contributed by atoms with Crippen molar-refractivity contribution in [2.24, 2.45) is 0 Å². The first-order chi connectivity index (χ1) is 9.32. The van der Waals surface area contributed by atoms with Crippen LogP contribution in [0.2, 0.25) is 0 Å². The predicted octanol–water partition coefficient (Wildman–Crippen LogP) is -0.317. The molecule has 0 radical (unpaired) electrons. The number of alkyl halides is 1. The first kappa shape index (κ1) is 17.0. The van der Waals surface area contributed by atoms with E-state index >= 15 is 0 Å². The fourth-order valence-electron chi connectivity index (χ4n) is 1.54. The molecule has 0 aromatic carbocycles. The minimum absolute atomic E-state index is 0.0515. The Hall–Kier alpha value is -0.0500. The number of rotatable bonds is 10. The van der Waals surface area contributed by atoms with E-state index in [1.165, 1.54) is 0 Å². The number of hydrogen-bond donors (Lipinski definition) is 5. The number of aliphatic hydroxyl groups excluding tert-OH is 5. The van der Waals surface area contributed by atoms with Crippen LogP contribution in [0.25, 0.3) is 0 Å². The maximum absolute atomic E-state index is 11.6. The normalized spacial score (nSPS) is 20.2. The standard InChI is InChI=1S/C12H23BrO6/c1-2-3-4-5-6-7(14)8(15)9(16)10(17)11(18)12(13)19/h8-12,15-19H,2-6H2,1H3/t8-,9+,10-,11-,12?/m0/s1/i1D. The van der Waals surface area contributed by atoms with Crippen LogP contribution in [-0.4, -0.2) is 60.7 Å². The average molecular weight is 344 g/mol. The molecule has 0 spiro atoms. The molecule has 0 aliphatic carbocycles. The lowest BCUT2D eigenvalue weighted by Crippen LogP contribution is -2.50. The maximum Gasteiger partial charge on any atom is 0.164 e. The van der Waals surface area contributed by atoms with Gasteiger partial charge in [0.15, 0.2) is 5.78 Å². The summed E-state index contributed by atoms with van der Waals surface area (Å²) in [5.74, 6) is -0.626. The molecule has 0 aromatic heterocycles. The third-order valence-electron chi connectivity index (χ3n) is 2.81. The third-order valence-corrected chi connectivity index (χ3v) is 3.35. The van der Waals surface area contributed by atoms with Crippen molar-refractivity contribution in [2.75, 3.05) is 0 Å². The zero-order valence-corrected chi connectivity index (χ0v) is 12.2. The first-order valence-electron chi connectivity index (χ1n) is 6.90. The summed E-state index contributed by atoms with van der Waals surface area (Å²) in [6.45, 7) is 0.342. The maximum atomic E-state index is 11.6. The van der Waals surface area contributed by atoms with Gasteiger partial charge in [-0.05, 0) is 6.42 Å². The molecule has 0 aliphatic heterocycles. The highest BCUT2D eigenvalue weighted by Gasteiger charge is 2.36. The van der Waals surface area contributed by atoms with E-state index in [4.69, 9.17) is 6.48 Å². The largest absolute Gasteiger partial charge is 0.387 e. The monoisotopic (exact) mass is 343 g/mol. The van der Waals surface area contributed by atoms with Crippen LogP contribution >= 0.6 is 15.9 Å². The van der Waals surface area contributed by atoms with Crippen molar-refractivity contribution in [2.45, 2.75) is 68.4 Å². The molecule has 0 fully saturated rings. The quantitative estimate of drug-likeness (QED) is 0.274. The van der Waals surface area contributed by atoms with Gasteiger partial charge in [0.1, 0.15) is 29.4 Å². The Morgan fingerprint density at radius 2 is 1.68 bits per heavy atom. The number of carbonyl (C=O) groups is 1. The summed E-state index contributed by atoms with van der Waals surface area (Å²) in [7, 11) is 0. The fourth-order valence-corrected chi connectivity index (χ4v) is 1.86. The number of unbranched alkanes of at least 4 members (excludes halogenated alkanes) is 3. The molecule has 0 saturated heterocycles. The Balaban J connectivity index is 4.15. The van der Waals surface area contributed by atoms with E-state index in [9.17, 15) is 25.2 Å². The lowest BCUT2D eigenvalue weighted by Gasteiger charge is -2.26. The van der Waals surface area contributed by atoms with Crippen molar-refractivity contribution in [3.63, 3.8) is 0 Å². The zero-order valence-electron chi connectivity index (χ0n) is 11.7. The lowest BCUT2D eigenvalue weighted by molar-refractivity contribution is -0.148. The minimum atomic E-state index is -1.86. The average Bonchev–Trinajstić information content (AvgIpc) is 2.43. The van der Waals surface area contributed by atoms with Crippen LogP contribution in [0.5, 0.6) is 0 Å². The van der Waals surface area contributed by atoms with Gasteiger partial charge in [-0.3, -0.25) is 4.79 Å². The van der Waals surface area contributed by atoms with Gasteiger partial charge >= 0.3 is 0 Å². The van der Waals surface area contributed by atoms with Crippen molar-refractivity contribution in [3.8, 4) is 0 Å². The first-order valence-corrected chi connectivity index (χ1v) is 7.10. The Kier molecular flexibility index (Phi) is 8.76. The van der Waals surface area contributed by atoms with Gasteiger partial charge in [0.25, 0.3) is 0 Å². The van der Waals surface area contributed by atoms with Crippen LogP contribution in [0, 0.1) is 0 Å². The van der Waals surface area contributed by atoms with Crippen molar-refractivity contribution in [3.05, 3.63) is 0 Å². The second kappa shape index (κ2) is 9.79. The predicted molar refractivity (Wildman–Crippen MR) is 72.7 cm³/mol. The van der Waals surface area contributed by atoms with E-state index in [1.807, 2.05) is 0 Å². The van der Waals surface area contributed by atoms with Gasteiger partial charge in [-0.25, -0.2) is 0 Å². The molecule has 114 valence electrons. The van der Waals surface area contributed by atoms with Crippen LogP contribution in [-0.2, 0) is 4.79 Å². The van der Waals surface area contributed by atoms with Gasteiger partial charge in [0.05, 0.1) is 0 Å². The van der Waals surface area contributed by atoms with Gasteiger partial charge in [-0.1, -0.05) is 42.1 Å². The van der Waals surface area contributed by atoms with Gasteiger partial charge in [0, 0.05) is 7.79 Å². The number of ketones is 1. The highest BCUT2D eigenvalue weighted by atomic mass is 79.9. The summed E-state index contributed by atoms with van der Waals surface area (Å²) < 4.78 is 6.95. The van der Waals surface area contributed by atoms with Crippen molar-refractivity contribution < 1.29 is 31.7 Å². The van der Waals surface area contributed by atoms with Gasteiger partial charge < -0.3 is 25.5 Å². The van der Waals surface area contributed by atoms with Gasteiger partial charge in [0.2, 0.25) is 0 Å². The molecule has 19 heavy (non-hydrogen) atoms. The second-order valence-corrected chi connectivity index (χ2v) is 5.36. The number of hydrogen-bond acceptors (Lipinski definition) is 6. The lowest BCUT2D eigenvalue weighted by atomic mass is 9.97. The summed E-state index contributed by atoms with van der Waals surface area (Å²) in [6, 6.07) is 0. The van der Waals surface area contributed by atoms with Crippen molar-refractivity contribution >= 4 is 21.7 Å². The topological polar surface area (TPSA) is 118 Å². The molecule has 0 amide bonds. The smallest absolute Gasteiger partial charge is 0.164 e. The third kappa shape index (κ3) is 6.78. The number of halogens is 1. The molecular weight excluding hydrogens is 320 g/mol. The van der Waals surface area contributed by atoms with Crippen LogP contribution in [0.3, 0.4) is 0 Å².